The molecule has 4 nitrogen and oxygen atoms in total. The van der Waals surface area contributed by atoms with Gasteiger partial charge in [0, 0.05) is 40.5 Å². The second-order valence-electron chi connectivity index (χ2n) is 7.82. The van der Waals surface area contributed by atoms with Crippen LogP contribution in [0, 0.1) is 0 Å². The highest BCUT2D eigenvalue weighted by Gasteiger charge is 2.47. The molecule has 1 aliphatic carbocycles. The summed E-state index contributed by atoms with van der Waals surface area (Å²) in [6.45, 7) is 1.07. The van der Waals surface area contributed by atoms with Gasteiger partial charge < -0.3 is 19.7 Å². The van der Waals surface area contributed by atoms with Crippen LogP contribution in [0.15, 0.2) is 42.5 Å². The second-order valence-corrected chi connectivity index (χ2v) is 7.82. The number of hydrogen-bond donors (Lipinski definition) is 2. The third kappa shape index (κ3) is 2.12. The van der Waals surface area contributed by atoms with Crippen molar-refractivity contribution in [1.82, 2.24) is 9.88 Å². The number of benzene rings is 2. The maximum absolute atomic E-state index is 10.1. The Labute approximate surface area is 153 Å². The lowest BCUT2D eigenvalue weighted by Gasteiger charge is -2.50. The smallest absolute Gasteiger partial charge is 0.120 e. The van der Waals surface area contributed by atoms with Crippen molar-refractivity contribution in [3.63, 3.8) is 0 Å². The minimum absolute atomic E-state index is 0.0453. The number of fused-ring (bicyclic) bond motifs is 6. The zero-order chi connectivity index (χ0) is 17.9. The molecule has 1 aromatic heterocycles. The Morgan fingerprint density at radius 1 is 1.23 bits per heavy atom. The Bertz CT molecular complexity index is 993. The molecule has 2 aliphatic rings. The zero-order valence-corrected chi connectivity index (χ0v) is 15.2. The van der Waals surface area contributed by atoms with Gasteiger partial charge in [-0.25, -0.2) is 0 Å². The quantitative estimate of drug-likeness (QED) is 0.740. The van der Waals surface area contributed by atoms with Gasteiger partial charge in [0.2, 0.25) is 0 Å². The number of aromatic hydroxyl groups is 1. The van der Waals surface area contributed by atoms with Gasteiger partial charge in [-0.05, 0) is 61.8 Å². The highest BCUT2D eigenvalue weighted by Crippen LogP contribution is 2.52. The van der Waals surface area contributed by atoms with E-state index in [4.69, 9.17) is 4.74 Å². The predicted molar refractivity (Wildman–Crippen MR) is 103 cm³/mol. The van der Waals surface area contributed by atoms with Crippen molar-refractivity contribution < 1.29 is 9.84 Å². The number of phenols is 1. The van der Waals surface area contributed by atoms with Crippen molar-refractivity contribution in [2.75, 3.05) is 20.7 Å². The van der Waals surface area contributed by atoms with Gasteiger partial charge in [-0.3, -0.25) is 0 Å². The fourth-order valence-corrected chi connectivity index (χ4v) is 5.17. The lowest BCUT2D eigenvalue weighted by Crippen LogP contribution is -2.52. The lowest BCUT2D eigenvalue weighted by molar-refractivity contribution is 0.123. The summed E-state index contributed by atoms with van der Waals surface area (Å²) in [5.74, 6) is 1.23. The van der Waals surface area contributed by atoms with Crippen molar-refractivity contribution in [2.45, 2.75) is 30.7 Å². The first-order valence-corrected chi connectivity index (χ1v) is 9.29. The van der Waals surface area contributed by atoms with Crippen molar-refractivity contribution in [3.8, 4) is 11.5 Å². The van der Waals surface area contributed by atoms with Crippen LogP contribution in [-0.2, 0) is 11.8 Å². The van der Waals surface area contributed by atoms with E-state index in [1.165, 1.54) is 22.2 Å². The number of piperidine rings is 1. The van der Waals surface area contributed by atoms with Gasteiger partial charge in [-0.2, -0.15) is 0 Å². The molecule has 4 heteroatoms. The summed E-state index contributed by atoms with van der Waals surface area (Å²) in [5, 5.41) is 11.4. The van der Waals surface area contributed by atoms with Gasteiger partial charge in [0.25, 0.3) is 0 Å². The van der Waals surface area contributed by atoms with Crippen LogP contribution in [0.2, 0.25) is 0 Å². The van der Waals surface area contributed by atoms with Crippen LogP contribution in [0.5, 0.6) is 11.5 Å². The fraction of sp³-hybridized carbons (Fsp3) is 0.364. The summed E-state index contributed by atoms with van der Waals surface area (Å²) >= 11 is 0. The second kappa shape index (κ2) is 5.52. The van der Waals surface area contributed by atoms with Gasteiger partial charge in [0.15, 0.2) is 0 Å². The normalized spacial score (nSPS) is 25.2. The lowest BCUT2D eigenvalue weighted by atomic mass is 9.61. The van der Waals surface area contributed by atoms with E-state index >= 15 is 0 Å². The molecule has 1 saturated heterocycles. The molecule has 0 saturated carbocycles. The third-order valence-corrected chi connectivity index (χ3v) is 6.50. The van der Waals surface area contributed by atoms with E-state index in [0.717, 1.165) is 37.1 Å². The number of aromatic amines is 1. The number of ether oxygens (including phenoxy) is 1. The minimum atomic E-state index is -0.0453. The molecule has 26 heavy (non-hydrogen) atoms. The average Bonchev–Trinajstić information content (AvgIpc) is 3.02. The molecule has 0 radical (unpaired) electrons. The zero-order valence-electron chi connectivity index (χ0n) is 15.2. The topological polar surface area (TPSA) is 48.5 Å². The molecule has 0 spiro atoms. The van der Waals surface area contributed by atoms with Crippen LogP contribution >= 0.6 is 0 Å². The Hall–Kier alpha value is -2.46. The standard InChI is InChI=1S/C22H24N2O2/c1-24-9-8-22(14-4-3-5-16(25)10-14)13-15(24)11-20-21(22)18-7-6-17(26-2)12-19(18)23-20/h3-7,10,12,15,23,25H,8-9,11,13H2,1-2H3/t15-,22-/m1/s1. The molecule has 2 N–H and O–H groups in total. The van der Waals surface area contributed by atoms with Crippen molar-refractivity contribution in [2.24, 2.45) is 0 Å². The van der Waals surface area contributed by atoms with Gasteiger partial charge in [-0.1, -0.05) is 12.1 Å². The molecule has 2 heterocycles. The third-order valence-electron chi connectivity index (χ3n) is 6.50. The number of likely N-dealkylation sites (N-methyl/N-ethyl adjacent to an activating group) is 1. The number of nitrogens with one attached hydrogen (secondary N) is 1. The number of phenolic OH excluding ortho intramolecular Hbond substituents is 1. The highest BCUT2D eigenvalue weighted by atomic mass is 16.5. The minimum Gasteiger partial charge on any atom is -0.508 e. The monoisotopic (exact) mass is 348 g/mol. The van der Waals surface area contributed by atoms with Crippen LogP contribution in [0.4, 0.5) is 0 Å². The van der Waals surface area contributed by atoms with Gasteiger partial charge in [0.1, 0.15) is 11.5 Å². The molecule has 0 unspecified atom stereocenters. The Kier molecular flexibility index (Phi) is 3.35. The number of rotatable bonds is 2. The van der Waals surface area contributed by atoms with Crippen LogP contribution in [-0.4, -0.2) is 41.7 Å². The number of likely N-dealkylation sites (tertiary alicyclic amines) is 1. The summed E-state index contributed by atoms with van der Waals surface area (Å²) in [7, 11) is 3.94. The predicted octanol–water partition coefficient (Wildman–Crippen LogP) is 3.82. The largest absolute Gasteiger partial charge is 0.508 e. The molecule has 2 atom stereocenters. The number of nitrogens with zero attached hydrogens (tertiary/aromatic N) is 1. The van der Waals surface area contributed by atoms with Crippen molar-refractivity contribution in [3.05, 3.63) is 59.3 Å². The van der Waals surface area contributed by atoms with E-state index in [2.05, 4.69) is 35.1 Å². The van der Waals surface area contributed by atoms with Crippen molar-refractivity contribution in [1.29, 1.82) is 0 Å². The SMILES string of the molecule is COc1ccc2c3c([nH]c2c1)C[C@@H]1C[C@@]3(c2cccc(O)c2)CCN1C. The van der Waals surface area contributed by atoms with E-state index < -0.39 is 0 Å². The van der Waals surface area contributed by atoms with Crippen LogP contribution in [0.3, 0.4) is 0 Å². The van der Waals surface area contributed by atoms with Crippen molar-refractivity contribution >= 4 is 10.9 Å². The summed E-state index contributed by atoms with van der Waals surface area (Å²) in [5.41, 5.74) is 5.08. The molecule has 134 valence electrons. The molecular weight excluding hydrogens is 324 g/mol. The number of aromatic nitrogens is 1. The van der Waals surface area contributed by atoms with Gasteiger partial charge >= 0.3 is 0 Å². The Morgan fingerprint density at radius 3 is 2.92 bits per heavy atom. The maximum atomic E-state index is 10.1. The van der Waals surface area contributed by atoms with Gasteiger partial charge in [0.05, 0.1) is 7.11 Å². The molecule has 2 aromatic carbocycles. The molecule has 1 aliphatic heterocycles. The van der Waals surface area contributed by atoms with E-state index in [0.29, 0.717) is 11.8 Å². The number of hydrogen-bond acceptors (Lipinski definition) is 3. The highest BCUT2D eigenvalue weighted by molar-refractivity contribution is 5.88. The van der Waals surface area contributed by atoms with E-state index in [9.17, 15) is 5.11 Å². The number of H-pyrrole nitrogens is 1. The summed E-state index contributed by atoms with van der Waals surface area (Å²) in [6.07, 6.45) is 3.21. The Balaban J connectivity index is 1.79. The summed E-state index contributed by atoms with van der Waals surface area (Å²) < 4.78 is 5.42. The Morgan fingerprint density at radius 2 is 2.12 bits per heavy atom. The molecular formula is C22H24N2O2. The van der Waals surface area contributed by atoms with E-state index in [-0.39, 0.29) is 5.41 Å². The molecule has 1 fully saturated rings. The first kappa shape index (κ1) is 15.8. The molecule has 2 bridgehead atoms. The van der Waals surface area contributed by atoms with E-state index in [1.54, 1.807) is 13.2 Å². The summed E-state index contributed by atoms with van der Waals surface area (Å²) in [6, 6.07) is 14.7. The van der Waals surface area contributed by atoms with Gasteiger partial charge in [-0.15, -0.1) is 0 Å². The fourth-order valence-electron chi connectivity index (χ4n) is 5.17. The first-order valence-electron chi connectivity index (χ1n) is 9.29. The van der Waals surface area contributed by atoms with Crippen LogP contribution in [0.1, 0.15) is 29.7 Å². The van der Waals surface area contributed by atoms with Crippen LogP contribution < -0.4 is 4.74 Å². The number of methoxy groups -OCH3 is 1. The first-order chi connectivity index (χ1) is 12.6. The average molecular weight is 348 g/mol. The molecule has 5 rings (SSSR count). The molecule has 0 amide bonds. The summed E-state index contributed by atoms with van der Waals surface area (Å²) in [4.78, 5) is 6.16. The van der Waals surface area contributed by atoms with E-state index in [1.807, 2.05) is 18.2 Å². The van der Waals surface area contributed by atoms with Crippen LogP contribution in [0.25, 0.3) is 10.9 Å². The maximum Gasteiger partial charge on any atom is 0.120 e. The molecule has 3 aromatic rings.